The van der Waals surface area contributed by atoms with Gasteiger partial charge in [-0.2, -0.15) is 0 Å². The number of aromatic nitrogens is 2. The van der Waals surface area contributed by atoms with Gasteiger partial charge in [0.15, 0.2) is 0 Å². The maximum Gasteiger partial charge on any atom is 0.260 e. The molecule has 0 spiro atoms. The van der Waals surface area contributed by atoms with Crippen LogP contribution in [0.4, 0.5) is 0 Å². The number of halogens is 1. The zero-order valence-electron chi connectivity index (χ0n) is 15.5. The summed E-state index contributed by atoms with van der Waals surface area (Å²) >= 11 is 6.61. The molecular formula is C20H24ClN3O2. The first-order valence-electron chi connectivity index (χ1n) is 8.76. The SMILES string of the molecule is Cc1nccc2c1c(=O)n(C)c1c(Cl)c(OC[C@@H](N)CC(C)C)ccc21. The van der Waals surface area contributed by atoms with Crippen molar-refractivity contribution in [3.8, 4) is 5.75 Å². The van der Waals surface area contributed by atoms with E-state index in [1.807, 2.05) is 25.1 Å². The summed E-state index contributed by atoms with van der Waals surface area (Å²) in [5.74, 6) is 1.04. The van der Waals surface area contributed by atoms with Crippen LogP contribution in [0.25, 0.3) is 21.7 Å². The molecule has 5 nitrogen and oxygen atoms in total. The Kier molecular flexibility index (Phi) is 5.21. The van der Waals surface area contributed by atoms with Gasteiger partial charge in [-0.05, 0) is 42.8 Å². The average molecular weight is 374 g/mol. The molecule has 0 amide bonds. The van der Waals surface area contributed by atoms with Gasteiger partial charge in [-0.15, -0.1) is 0 Å². The summed E-state index contributed by atoms with van der Waals surface area (Å²) in [5, 5.41) is 2.79. The number of fused-ring (bicyclic) bond motifs is 3. The summed E-state index contributed by atoms with van der Waals surface area (Å²) < 4.78 is 7.42. The summed E-state index contributed by atoms with van der Waals surface area (Å²) in [6, 6.07) is 5.57. The molecule has 0 bridgehead atoms. The lowest BCUT2D eigenvalue weighted by atomic mass is 10.0. The number of hydrogen-bond donors (Lipinski definition) is 1. The van der Waals surface area contributed by atoms with Crippen LogP contribution < -0.4 is 16.0 Å². The Bertz CT molecular complexity index is 1030. The van der Waals surface area contributed by atoms with Gasteiger partial charge < -0.3 is 15.0 Å². The molecule has 6 heteroatoms. The summed E-state index contributed by atoms with van der Waals surface area (Å²) in [6.07, 6.45) is 2.58. The van der Waals surface area contributed by atoms with Crippen LogP contribution in [0, 0.1) is 12.8 Å². The van der Waals surface area contributed by atoms with E-state index in [1.54, 1.807) is 17.8 Å². The van der Waals surface area contributed by atoms with E-state index in [-0.39, 0.29) is 11.6 Å². The molecule has 0 unspecified atom stereocenters. The molecule has 1 atom stereocenters. The molecule has 0 aliphatic carbocycles. The van der Waals surface area contributed by atoms with Crippen LogP contribution in [-0.2, 0) is 7.05 Å². The number of pyridine rings is 2. The Morgan fingerprint density at radius 2 is 2.00 bits per heavy atom. The van der Waals surface area contributed by atoms with Crippen LogP contribution in [0.15, 0.2) is 29.2 Å². The molecule has 0 saturated heterocycles. The third-order valence-corrected chi connectivity index (χ3v) is 4.96. The lowest BCUT2D eigenvalue weighted by Crippen LogP contribution is -2.29. The topological polar surface area (TPSA) is 70.1 Å². The summed E-state index contributed by atoms with van der Waals surface area (Å²) in [7, 11) is 1.72. The van der Waals surface area contributed by atoms with E-state index in [9.17, 15) is 4.79 Å². The van der Waals surface area contributed by atoms with Crippen LogP contribution >= 0.6 is 11.6 Å². The van der Waals surface area contributed by atoms with Gasteiger partial charge in [0.2, 0.25) is 0 Å². The first kappa shape index (κ1) is 18.7. The first-order chi connectivity index (χ1) is 12.3. The van der Waals surface area contributed by atoms with Gasteiger partial charge in [0.05, 0.1) is 16.6 Å². The highest BCUT2D eigenvalue weighted by Crippen LogP contribution is 2.35. The standard InChI is InChI=1S/C20H24ClN3O2/c1-11(2)9-13(22)10-26-16-6-5-15-14-7-8-23-12(3)17(14)20(25)24(4)19(15)18(16)21/h5-8,11,13H,9-10,22H2,1-4H3/t13-/m0/s1. The lowest BCUT2D eigenvalue weighted by molar-refractivity contribution is 0.271. The van der Waals surface area contributed by atoms with Gasteiger partial charge in [0, 0.05) is 24.7 Å². The molecule has 2 N–H and O–H groups in total. The maximum absolute atomic E-state index is 12.8. The highest BCUT2D eigenvalue weighted by atomic mass is 35.5. The van der Waals surface area contributed by atoms with Gasteiger partial charge in [-0.3, -0.25) is 9.78 Å². The van der Waals surface area contributed by atoms with Crippen molar-refractivity contribution in [1.29, 1.82) is 0 Å². The molecule has 26 heavy (non-hydrogen) atoms. The van der Waals surface area contributed by atoms with Gasteiger partial charge in [-0.25, -0.2) is 0 Å². The number of ether oxygens (including phenoxy) is 1. The van der Waals surface area contributed by atoms with Gasteiger partial charge in [0.25, 0.3) is 5.56 Å². The van der Waals surface area contributed by atoms with Gasteiger partial charge in [0.1, 0.15) is 17.4 Å². The lowest BCUT2D eigenvalue weighted by Gasteiger charge is -2.18. The minimum atomic E-state index is -0.117. The van der Waals surface area contributed by atoms with E-state index in [0.29, 0.717) is 39.9 Å². The molecule has 0 fully saturated rings. The number of hydrogen-bond acceptors (Lipinski definition) is 4. The van der Waals surface area contributed by atoms with E-state index in [1.165, 1.54) is 0 Å². The van der Waals surface area contributed by atoms with Crippen molar-refractivity contribution in [2.75, 3.05) is 6.61 Å². The van der Waals surface area contributed by atoms with E-state index < -0.39 is 0 Å². The van der Waals surface area contributed by atoms with Crippen molar-refractivity contribution < 1.29 is 4.74 Å². The van der Waals surface area contributed by atoms with Crippen molar-refractivity contribution >= 4 is 33.3 Å². The normalized spacial score (nSPS) is 12.9. The zero-order valence-corrected chi connectivity index (χ0v) is 16.3. The second-order valence-electron chi connectivity index (χ2n) is 7.16. The molecule has 0 aliphatic rings. The van der Waals surface area contributed by atoms with Crippen molar-refractivity contribution in [1.82, 2.24) is 9.55 Å². The van der Waals surface area contributed by atoms with E-state index in [2.05, 4.69) is 18.8 Å². The minimum Gasteiger partial charge on any atom is -0.490 e. The van der Waals surface area contributed by atoms with Crippen LogP contribution in [0.1, 0.15) is 26.0 Å². The Balaban J connectivity index is 2.11. The minimum absolute atomic E-state index is 0.0593. The summed E-state index contributed by atoms with van der Waals surface area (Å²) in [5.41, 5.74) is 7.35. The molecule has 3 rings (SSSR count). The monoisotopic (exact) mass is 373 g/mol. The number of benzene rings is 1. The third-order valence-electron chi connectivity index (χ3n) is 4.59. The second-order valence-corrected chi connectivity index (χ2v) is 7.54. The Labute approximate surface area is 157 Å². The molecule has 1 aromatic carbocycles. The smallest absolute Gasteiger partial charge is 0.260 e. The predicted molar refractivity (Wildman–Crippen MR) is 107 cm³/mol. The molecule has 0 aliphatic heterocycles. The van der Waals surface area contributed by atoms with E-state index >= 15 is 0 Å². The van der Waals surface area contributed by atoms with Crippen LogP contribution in [0.2, 0.25) is 5.02 Å². The predicted octanol–water partition coefficient (Wildman–Crippen LogP) is 3.80. The van der Waals surface area contributed by atoms with Crippen molar-refractivity contribution in [3.05, 3.63) is 45.5 Å². The van der Waals surface area contributed by atoms with Gasteiger partial charge in [-0.1, -0.05) is 25.4 Å². The fourth-order valence-corrected chi connectivity index (χ4v) is 3.75. The molecule has 0 radical (unpaired) electrons. The van der Waals surface area contributed by atoms with Crippen LogP contribution in [0.5, 0.6) is 5.75 Å². The molecule has 3 aromatic rings. The van der Waals surface area contributed by atoms with Crippen molar-refractivity contribution in [2.45, 2.75) is 33.2 Å². The summed E-state index contributed by atoms with van der Waals surface area (Å²) in [4.78, 5) is 17.1. The highest BCUT2D eigenvalue weighted by Gasteiger charge is 2.17. The first-order valence-corrected chi connectivity index (χ1v) is 9.14. The molecule has 138 valence electrons. The fraction of sp³-hybridized carbons (Fsp3) is 0.400. The Hall–Kier alpha value is -2.11. The number of aryl methyl sites for hydroxylation is 2. The number of nitrogens with zero attached hydrogens (tertiary/aromatic N) is 2. The highest BCUT2D eigenvalue weighted by molar-refractivity contribution is 6.37. The molecule has 0 saturated carbocycles. The number of rotatable bonds is 5. The van der Waals surface area contributed by atoms with E-state index in [4.69, 9.17) is 22.1 Å². The zero-order chi connectivity index (χ0) is 19.0. The van der Waals surface area contributed by atoms with Crippen LogP contribution in [0.3, 0.4) is 0 Å². The maximum atomic E-state index is 12.8. The average Bonchev–Trinajstić information content (AvgIpc) is 2.57. The molecular weight excluding hydrogens is 350 g/mol. The fourth-order valence-electron chi connectivity index (χ4n) is 3.40. The molecule has 2 aromatic heterocycles. The van der Waals surface area contributed by atoms with E-state index in [0.717, 1.165) is 17.2 Å². The second kappa shape index (κ2) is 7.25. The largest absolute Gasteiger partial charge is 0.490 e. The third kappa shape index (κ3) is 3.29. The number of nitrogens with two attached hydrogens (primary N) is 1. The van der Waals surface area contributed by atoms with Crippen molar-refractivity contribution in [3.63, 3.8) is 0 Å². The Morgan fingerprint density at radius 3 is 2.69 bits per heavy atom. The van der Waals surface area contributed by atoms with Gasteiger partial charge >= 0.3 is 0 Å². The van der Waals surface area contributed by atoms with Crippen molar-refractivity contribution in [2.24, 2.45) is 18.7 Å². The molecule has 2 heterocycles. The Morgan fingerprint density at radius 1 is 1.27 bits per heavy atom. The van der Waals surface area contributed by atoms with Crippen LogP contribution in [-0.4, -0.2) is 22.2 Å². The quantitative estimate of drug-likeness (QED) is 0.690. The summed E-state index contributed by atoms with van der Waals surface area (Å²) in [6.45, 7) is 6.47.